The van der Waals surface area contributed by atoms with Crippen molar-refractivity contribution in [2.45, 2.75) is 12.5 Å². The maximum atomic E-state index is 6.46. The molecule has 0 aliphatic heterocycles. The highest BCUT2D eigenvalue weighted by molar-refractivity contribution is 6.10. The molecule has 316 valence electrons. The first-order valence-corrected chi connectivity index (χ1v) is 23.2. The van der Waals surface area contributed by atoms with Gasteiger partial charge in [-0.25, -0.2) is 0 Å². The van der Waals surface area contributed by atoms with Gasteiger partial charge in [-0.3, -0.25) is 0 Å². The van der Waals surface area contributed by atoms with Gasteiger partial charge in [-0.2, -0.15) is 0 Å². The van der Waals surface area contributed by atoms with Crippen LogP contribution in [0, 0.1) is 0 Å². The molecule has 2 aromatic heterocycles. The fraction of sp³-hybridized carbons (Fsp3) is 0.0312. The van der Waals surface area contributed by atoms with Crippen LogP contribution in [0.4, 0.5) is 17.1 Å². The molecule has 0 spiro atoms. The van der Waals surface area contributed by atoms with E-state index in [4.69, 9.17) is 4.42 Å². The topological polar surface area (TPSA) is 21.3 Å². The number of para-hydroxylation sites is 3. The molecule has 1 unspecified atom stereocenters. The minimum absolute atomic E-state index is 0.297. The van der Waals surface area contributed by atoms with E-state index >= 15 is 0 Å². The standard InChI is InChI=1S/C64H44N2O/c1-2-16-52(17-3-1)66-61-22-8-6-18-57(61)60-42-51(32-39-62(60)66)45-28-35-54(36-29-45)65(55-37-30-46(31-38-55)56-20-11-21-59-58-19-7-9-23-63(58)67-64(56)59)53-33-26-44(27-34-53)48-14-10-15-49(40-48)50-25-24-43-12-4-5-13-47(43)41-50/h1-16,18-42,52H,17H2. The van der Waals surface area contributed by atoms with E-state index in [1.807, 2.05) is 12.1 Å². The molecular weight excluding hydrogens is 813 g/mol. The number of fused-ring (bicyclic) bond motifs is 7. The van der Waals surface area contributed by atoms with Crippen molar-refractivity contribution in [2.24, 2.45) is 0 Å². The first-order chi connectivity index (χ1) is 33.2. The lowest BCUT2D eigenvalue weighted by molar-refractivity contribution is 0.648. The predicted molar refractivity (Wildman–Crippen MR) is 283 cm³/mol. The third-order valence-corrected chi connectivity index (χ3v) is 13.7. The summed E-state index contributed by atoms with van der Waals surface area (Å²) in [6.45, 7) is 0. The summed E-state index contributed by atoms with van der Waals surface area (Å²) in [5.74, 6) is 0. The number of nitrogens with zero attached hydrogens (tertiary/aromatic N) is 2. The van der Waals surface area contributed by atoms with Crippen molar-refractivity contribution < 1.29 is 4.42 Å². The Morgan fingerprint density at radius 3 is 1.70 bits per heavy atom. The lowest BCUT2D eigenvalue weighted by Crippen LogP contribution is -2.09. The van der Waals surface area contributed by atoms with Gasteiger partial charge in [-0.15, -0.1) is 0 Å². The summed E-state index contributed by atoms with van der Waals surface area (Å²) in [4.78, 5) is 2.35. The van der Waals surface area contributed by atoms with Crippen LogP contribution in [0.15, 0.2) is 253 Å². The number of benzene rings is 10. The van der Waals surface area contributed by atoms with Crippen LogP contribution in [-0.2, 0) is 0 Å². The summed E-state index contributed by atoms with van der Waals surface area (Å²) in [7, 11) is 0. The highest BCUT2D eigenvalue weighted by atomic mass is 16.3. The molecule has 1 aliphatic carbocycles. The van der Waals surface area contributed by atoms with Gasteiger partial charge in [0.05, 0.1) is 6.04 Å². The highest BCUT2D eigenvalue weighted by Crippen LogP contribution is 2.42. The molecule has 0 radical (unpaired) electrons. The summed E-state index contributed by atoms with van der Waals surface area (Å²) >= 11 is 0. The summed E-state index contributed by atoms with van der Waals surface area (Å²) in [5.41, 5.74) is 16.9. The van der Waals surface area contributed by atoms with Gasteiger partial charge >= 0.3 is 0 Å². The van der Waals surface area contributed by atoms with E-state index in [-0.39, 0.29) is 0 Å². The van der Waals surface area contributed by atoms with Crippen LogP contribution in [0.2, 0.25) is 0 Å². The van der Waals surface area contributed by atoms with Crippen LogP contribution in [0.25, 0.3) is 99.0 Å². The van der Waals surface area contributed by atoms with Crippen molar-refractivity contribution in [3.05, 3.63) is 249 Å². The molecule has 0 saturated carbocycles. The molecule has 67 heavy (non-hydrogen) atoms. The molecule has 13 rings (SSSR count). The third kappa shape index (κ3) is 6.83. The number of hydrogen-bond acceptors (Lipinski definition) is 2. The van der Waals surface area contributed by atoms with Crippen molar-refractivity contribution in [3.63, 3.8) is 0 Å². The van der Waals surface area contributed by atoms with Gasteiger partial charge in [0.25, 0.3) is 0 Å². The summed E-state index contributed by atoms with van der Waals surface area (Å²) in [6.07, 6.45) is 9.89. The number of allylic oxidation sites excluding steroid dienone is 4. The van der Waals surface area contributed by atoms with E-state index in [9.17, 15) is 0 Å². The van der Waals surface area contributed by atoms with Crippen LogP contribution >= 0.6 is 0 Å². The van der Waals surface area contributed by atoms with E-state index in [0.29, 0.717) is 6.04 Å². The van der Waals surface area contributed by atoms with Crippen LogP contribution in [0.1, 0.15) is 12.5 Å². The second-order valence-corrected chi connectivity index (χ2v) is 17.6. The second kappa shape index (κ2) is 16.1. The van der Waals surface area contributed by atoms with Gasteiger partial charge in [0, 0.05) is 55.2 Å². The monoisotopic (exact) mass is 856 g/mol. The van der Waals surface area contributed by atoms with E-state index in [1.165, 1.54) is 66.0 Å². The van der Waals surface area contributed by atoms with E-state index in [1.54, 1.807) is 0 Å². The van der Waals surface area contributed by atoms with Crippen LogP contribution in [-0.4, -0.2) is 4.57 Å². The quantitative estimate of drug-likeness (QED) is 0.152. The van der Waals surface area contributed by atoms with Crippen LogP contribution in [0.5, 0.6) is 0 Å². The van der Waals surface area contributed by atoms with Gasteiger partial charge in [0.15, 0.2) is 0 Å². The Bertz CT molecular complexity index is 3890. The number of rotatable bonds is 8. The molecule has 0 amide bonds. The molecule has 10 aromatic carbocycles. The fourth-order valence-electron chi connectivity index (χ4n) is 10.4. The van der Waals surface area contributed by atoms with Gasteiger partial charge in [0.1, 0.15) is 11.2 Å². The number of hydrogen-bond donors (Lipinski definition) is 0. The number of anilines is 3. The maximum absolute atomic E-state index is 6.46. The third-order valence-electron chi connectivity index (χ3n) is 13.7. The second-order valence-electron chi connectivity index (χ2n) is 17.6. The first kappa shape index (κ1) is 38.8. The van der Waals surface area contributed by atoms with Gasteiger partial charge < -0.3 is 13.9 Å². The Morgan fingerprint density at radius 2 is 0.955 bits per heavy atom. The molecule has 3 heteroatoms. The predicted octanol–water partition coefficient (Wildman–Crippen LogP) is 18.0. The SMILES string of the molecule is C1=CCC(n2c3ccccc3c3cc(-c4ccc(N(c5ccc(-c6cccc(-c7ccc8ccccc8c7)c6)cc5)c5ccc(-c6cccc7c6oc6ccccc67)cc5)cc4)ccc32)C=C1. The maximum Gasteiger partial charge on any atom is 0.143 e. The molecule has 0 saturated heterocycles. The summed E-state index contributed by atoms with van der Waals surface area (Å²) in [6, 6.07) is 81.9. The highest BCUT2D eigenvalue weighted by Gasteiger charge is 2.19. The van der Waals surface area contributed by atoms with Gasteiger partial charge in [-0.05, 0) is 129 Å². The Kier molecular flexibility index (Phi) is 9.31. The minimum atomic E-state index is 0.297. The van der Waals surface area contributed by atoms with Gasteiger partial charge in [0.2, 0.25) is 0 Å². The van der Waals surface area contributed by atoms with Gasteiger partial charge in [-0.1, -0.05) is 176 Å². The van der Waals surface area contributed by atoms with E-state index < -0.39 is 0 Å². The Morgan fingerprint density at radius 1 is 0.388 bits per heavy atom. The largest absolute Gasteiger partial charge is 0.455 e. The molecule has 1 atom stereocenters. The van der Waals surface area contributed by atoms with Crippen molar-refractivity contribution in [1.29, 1.82) is 0 Å². The molecule has 3 nitrogen and oxygen atoms in total. The summed E-state index contributed by atoms with van der Waals surface area (Å²) in [5, 5.41) is 7.33. The molecule has 2 heterocycles. The van der Waals surface area contributed by atoms with Crippen molar-refractivity contribution in [1.82, 2.24) is 4.57 Å². The lowest BCUT2D eigenvalue weighted by atomic mass is 9.97. The molecule has 0 N–H and O–H groups in total. The number of aromatic nitrogens is 1. The number of furan rings is 1. The zero-order chi connectivity index (χ0) is 44.3. The van der Waals surface area contributed by atoms with Crippen molar-refractivity contribution in [3.8, 4) is 44.5 Å². The normalized spacial score (nSPS) is 13.6. The summed E-state index contributed by atoms with van der Waals surface area (Å²) < 4.78 is 8.96. The molecule has 12 aromatic rings. The first-order valence-electron chi connectivity index (χ1n) is 23.2. The fourth-order valence-corrected chi connectivity index (χ4v) is 10.4. The van der Waals surface area contributed by atoms with E-state index in [0.717, 1.165) is 56.5 Å². The van der Waals surface area contributed by atoms with Crippen molar-refractivity contribution >= 4 is 71.6 Å². The van der Waals surface area contributed by atoms with Crippen LogP contribution < -0.4 is 4.90 Å². The molecule has 0 fully saturated rings. The van der Waals surface area contributed by atoms with E-state index in [2.05, 4.69) is 246 Å². The smallest absolute Gasteiger partial charge is 0.143 e. The van der Waals surface area contributed by atoms with Crippen molar-refractivity contribution in [2.75, 3.05) is 4.90 Å². The Balaban J connectivity index is 0.870. The molecular formula is C64H44N2O. The molecule has 0 bridgehead atoms. The van der Waals surface area contributed by atoms with Crippen LogP contribution in [0.3, 0.4) is 0 Å². The Labute approximate surface area is 389 Å². The average molecular weight is 857 g/mol. The zero-order valence-electron chi connectivity index (χ0n) is 36.8. The zero-order valence-corrected chi connectivity index (χ0v) is 36.8. The average Bonchev–Trinajstić information content (AvgIpc) is 3.95. The minimum Gasteiger partial charge on any atom is -0.455 e. The lowest BCUT2D eigenvalue weighted by Gasteiger charge is -2.26. The molecule has 1 aliphatic rings. The Hall–Kier alpha value is -8.66.